The zero-order valence-electron chi connectivity index (χ0n) is 7.19. The number of ketones is 1. The summed E-state index contributed by atoms with van der Waals surface area (Å²) in [5.74, 6) is -1.13. The Bertz CT molecular complexity index is 222. The first kappa shape index (κ1) is 9.85. The molecule has 0 aromatic carbocycles. The predicted molar refractivity (Wildman–Crippen MR) is 46.6 cm³/mol. The summed E-state index contributed by atoms with van der Waals surface area (Å²) in [6, 6.07) is 0. The van der Waals surface area contributed by atoms with Crippen molar-refractivity contribution in [1.29, 1.82) is 0 Å². The number of carbonyl (C=O) groups excluding carboxylic acids is 2. The second-order valence-electron chi connectivity index (χ2n) is 2.79. The lowest BCUT2D eigenvalue weighted by Crippen LogP contribution is -2.20. The van der Waals surface area contributed by atoms with Crippen molar-refractivity contribution in [2.45, 2.75) is 6.42 Å². The van der Waals surface area contributed by atoms with Crippen LogP contribution in [0.25, 0.3) is 0 Å². The Kier molecular flexibility index (Phi) is 3.57. The van der Waals surface area contributed by atoms with Crippen LogP contribution in [0.5, 0.6) is 0 Å². The average Bonchev–Trinajstić information content (AvgIpc) is 2.42. The first-order chi connectivity index (χ1) is 6.25. The first-order valence-electron chi connectivity index (χ1n) is 4.17. The highest BCUT2D eigenvalue weighted by Crippen LogP contribution is 2.01. The SMILES string of the molecule is O=C1CNC(=O)[C@@H]1C=NCCCO. The Labute approximate surface area is 75.9 Å². The van der Waals surface area contributed by atoms with Crippen LogP contribution >= 0.6 is 0 Å². The fourth-order valence-corrected chi connectivity index (χ4v) is 1.03. The van der Waals surface area contributed by atoms with Crippen LogP contribution in [-0.2, 0) is 9.59 Å². The molecule has 1 heterocycles. The predicted octanol–water partition coefficient (Wildman–Crippen LogP) is -1.25. The molecule has 1 fully saturated rings. The molecule has 5 nitrogen and oxygen atoms in total. The van der Waals surface area contributed by atoms with E-state index in [2.05, 4.69) is 10.3 Å². The molecule has 0 bridgehead atoms. The van der Waals surface area contributed by atoms with Crippen molar-refractivity contribution in [2.75, 3.05) is 19.7 Å². The van der Waals surface area contributed by atoms with E-state index in [4.69, 9.17) is 5.11 Å². The summed E-state index contributed by atoms with van der Waals surface area (Å²) >= 11 is 0. The van der Waals surface area contributed by atoms with E-state index in [1.165, 1.54) is 6.21 Å². The second-order valence-corrected chi connectivity index (χ2v) is 2.79. The van der Waals surface area contributed by atoms with Crippen LogP contribution in [0, 0.1) is 5.92 Å². The van der Waals surface area contributed by atoms with Gasteiger partial charge in [-0.1, -0.05) is 0 Å². The van der Waals surface area contributed by atoms with Gasteiger partial charge in [0, 0.05) is 19.4 Å². The Balaban J connectivity index is 2.38. The van der Waals surface area contributed by atoms with Crippen molar-refractivity contribution >= 4 is 17.9 Å². The lowest BCUT2D eigenvalue weighted by Gasteiger charge is -1.95. The highest BCUT2D eigenvalue weighted by Gasteiger charge is 2.30. The summed E-state index contributed by atoms with van der Waals surface area (Å²) in [5.41, 5.74) is 0. The highest BCUT2D eigenvalue weighted by atomic mass is 16.3. The third-order valence-electron chi connectivity index (χ3n) is 1.77. The minimum Gasteiger partial charge on any atom is -0.396 e. The Morgan fingerprint density at radius 2 is 2.38 bits per heavy atom. The zero-order valence-corrected chi connectivity index (χ0v) is 7.19. The van der Waals surface area contributed by atoms with Crippen molar-refractivity contribution < 1.29 is 14.7 Å². The smallest absolute Gasteiger partial charge is 0.236 e. The van der Waals surface area contributed by atoms with Gasteiger partial charge in [0.05, 0.1) is 6.54 Å². The monoisotopic (exact) mass is 184 g/mol. The molecule has 0 saturated carbocycles. The van der Waals surface area contributed by atoms with Crippen LogP contribution in [-0.4, -0.2) is 42.7 Å². The van der Waals surface area contributed by atoms with Gasteiger partial charge in [-0.05, 0) is 6.42 Å². The Morgan fingerprint density at radius 3 is 2.92 bits per heavy atom. The van der Waals surface area contributed by atoms with E-state index >= 15 is 0 Å². The number of Topliss-reactive ketones (excluding diaryl/α,β-unsaturated/α-hetero) is 1. The van der Waals surface area contributed by atoms with Gasteiger partial charge in [-0.2, -0.15) is 0 Å². The summed E-state index contributed by atoms with van der Waals surface area (Å²) in [6.07, 6.45) is 1.92. The molecule has 1 atom stereocenters. The second kappa shape index (κ2) is 4.71. The van der Waals surface area contributed by atoms with Crippen LogP contribution in [0.3, 0.4) is 0 Å². The first-order valence-corrected chi connectivity index (χ1v) is 4.17. The molecule has 1 saturated heterocycles. The van der Waals surface area contributed by atoms with Gasteiger partial charge in [0.25, 0.3) is 0 Å². The summed E-state index contributed by atoms with van der Waals surface area (Å²) < 4.78 is 0. The molecule has 13 heavy (non-hydrogen) atoms. The summed E-state index contributed by atoms with van der Waals surface area (Å²) in [7, 11) is 0. The van der Waals surface area contributed by atoms with Crippen LogP contribution in [0.4, 0.5) is 0 Å². The maximum Gasteiger partial charge on any atom is 0.236 e. The number of aliphatic hydroxyl groups excluding tert-OH is 1. The van der Waals surface area contributed by atoms with Gasteiger partial charge in [0.2, 0.25) is 5.91 Å². The van der Waals surface area contributed by atoms with E-state index < -0.39 is 5.92 Å². The van der Waals surface area contributed by atoms with Crippen molar-refractivity contribution in [2.24, 2.45) is 10.9 Å². The summed E-state index contributed by atoms with van der Waals surface area (Å²) in [4.78, 5) is 25.9. The molecule has 0 aromatic heterocycles. The molecule has 1 rings (SSSR count). The third-order valence-corrected chi connectivity index (χ3v) is 1.77. The normalized spacial score (nSPS) is 22.7. The number of hydrogen-bond donors (Lipinski definition) is 2. The van der Waals surface area contributed by atoms with Gasteiger partial charge in [0.15, 0.2) is 5.78 Å². The van der Waals surface area contributed by atoms with Crippen molar-refractivity contribution in [3.8, 4) is 0 Å². The summed E-state index contributed by atoms with van der Waals surface area (Å²) in [5, 5.41) is 10.9. The molecular weight excluding hydrogens is 172 g/mol. The molecule has 5 heteroatoms. The molecule has 0 unspecified atom stereocenters. The van der Waals surface area contributed by atoms with Crippen LogP contribution in [0.2, 0.25) is 0 Å². The number of nitrogens with one attached hydrogen (secondary N) is 1. The molecule has 1 aliphatic rings. The Hall–Kier alpha value is -1.23. The zero-order chi connectivity index (χ0) is 9.68. The Morgan fingerprint density at radius 1 is 1.62 bits per heavy atom. The number of carbonyl (C=O) groups is 2. The van der Waals surface area contributed by atoms with E-state index in [0.29, 0.717) is 13.0 Å². The van der Waals surface area contributed by atoms with E-state index in [0.717, 1.165) is 0 Å². The molecule has 0 radical (unpaired) electrons. The van der Waals surface area contributed by atoms with Crippen molar-refractivity contribution in [3.63, 3.8) is 0 Å². The van der Waals surface area contributed by atoms with Gasteiger partial charge in [-0.3, -0.25) is 14.6 Å². The number of amides is 1. The molecule has 2 N–H and O–H groups in total. The quantitative estimate of drug-likeness (QED) is 0.325. The van der Waals surface area contributed by atoms with E-state index in [1.807, 2.05) is 0 Å². The van der Waals surface area contributed by atoms with Gasteiger partial charge >= 0.3 is 0 Å². The molecular formula is C8H12N2O3. The molecule has 0 aliphatic carbocycles. The number of aliphatic imine (C=N–C) groups is 1. The van der Waals surface area contributed by atoms with Crippen molar-refractivity contribution in [1.82, 2.24) is 5.32 Å². The van der Waals surface area contributed by atoms with Gasteiger partial charge in [0.1, 0.15) is 5.92 Å². The fraction of sp³-hybridized carbons (Fsp3) is 0.625. The molecule has 1 aliphatic heterocycles. The maximum atomic E-state index is 11.0. The largest absolute Gasteiger partial charge is 0.396 e. The van der Waals surface area contributed by atoms with E-state index in [1.54, 1.807) is 0 Å². The average molecular weight is 184 g/mol. The van der Waals surface area contributed by atoms with Crippen LogP contribution in [0.1, 0.15) is 6.42 Å². The molecule has 0 spiro atoms. The molecule has 1 amide bonds. The standard InChI is InChI=1S/C8H12N2O3/c11-3-1-2-9-4-6-7(12)5-10-8(6)13/h4,6,11H,1-3,5H2,(H,10,13)/t6-/m1/s1. The third kappa shape index (κ3) is 2.62. The van der Waals surface area contributed by atoms with Crippen molar-refractivity contribution in [3.05, 3.63) is 0 Å². The summed E-state index contributed by atoms with van der Waals surface area (Å²) in [6.45, 7) is 0.630. The topological polar surface area (TPSA) is 78.8 Å². The number of hydrogen-bond acceptors (Lipinski definition) is 4. The van der Waals surface area contributed by atoms with E-state index in [9.17, 15) is 9.59 Å². The molecule has 0 aromatic rings. The lowest BCUT2D eigenvalue weighted by atomic mass is 10.1. The minimum absolute atomic E-state index is 0.0716. The van der Waals surface area contributed by atoms with E-state index in [-0.39, 0.29) is 24.8 Å². The lowest BCUT2D eigenvalue weighted by molar-refractivity contribution is -0.124. The van der Waals surface area contributed by atoms with Gasteiger partial charge in [-0.25, -0.2) is 0 Å². The van der Waals surface area contributed by atoms with Crippen LogP contribution < -0.4 is 5.32 Å². The number of aliphatic hydroxyl groups is 1. The van der Waals surface area contributed by atoms with Gasteiger partial charge < -0.3 is 10.4 Å². The highest BCUT2D eigenvalue weighted by molar-refractivity contribution is 6.18. The number of rotatable bonds is 4. The number of nitrogens with zero attached hydrogens (tertiary/aromatic N) is 1. The maximum absolute atomic E-state index is 11.0. The van der Waals surface area contributed by atoms with Crippen LogP contribution in [0.15, 0.2) is 4.99 Å². The minimum atomic E-state index is -0.710. The fourth-order valence-electron chi connectivity index (χ4n) is 1.03. The van der Waals surface area contributed by atoms with Gasteiger partial charge in [-0.15, -0.1) is 0 Å². The molecule has 72 valence electrons.